The zero-order chi connectivity index (χ0) is 24.7. The highest BCUT2D eigenvalue weighted by atomic mass is 32.1. The highest BCUT2D eigenvalue weighted by Crippen LogP contribution is 2.37. The second-order valence-corrected chi connectivity index (χ2v) is 9.51. The molecule has 180 valence electrons. The summed E-state index contributed by atoms with van der Waals surface area (Å²) in [7, 11) is 0. The summed E-state index contributed by atoms with van der Waals surface area (Å²) in [5.74, 6) is -3.59. The molecule has 0 bridgehead atoms. The molecule has 3 aromatic heterocycles. The fraction of sp³-hybridized carbons (Fsp3) is 0.250. The van der Waals surface area contributed by atoms with Crippen LogP contribution in [-0.2, 0) is 0 Å². The fourth-order valence-corrected chi connectivity index (χ4v) is 5.01. The lowest BCUT2D eigenvalue weighted by Gasteiger charge is -2.33. The van der Waals surface area contributed by atoms with Gasteiger partial charge in [0.2, 0.25) is 0 Å². The van der Waals surface area contributed by atoms with Crippen LogP contribution in [0.2, 0.25) is 0 Å². The van der Waals surface area contributed by atoms with Crippen molar-refractivity contribution in [1.82, 2.24) is 15.0 Å². The number of anilines is 2. The topological polar surface area (TPSA) is 97.0 Å². The van der Waals surface area contributed by atoms with E-state index in [0.29, 0.717) is 23.4 Å². The molecule has 1 fully saturated rings. The van der Waals surface area contributed by atoms with Crippen LogP contribution in [0.15, 0.2) is 36.5 Å². The number of carbonyl (C=O) groups excluding carboxylic acids is 1. The lowest BCUT2D eigenvalue weighted by molar-refractivity contribution is 0.102. The lowest BCUT2D eigenvalue weighted by Crippen LogP contribution is -2.43. The van der Waals surface area contributed by atoms with E-state index in [1.54, 1.807) is 0 Å². The van der Waals surface area contributed by atoms with E-state index in [1.165, 1.54) is 23.6 Å². The van der Waals surface area contributed by atoms with Gasteiger partial charge in [-0.2, -0.15) is 0 Å². The van der Waals surface area contributed by atoms with Crippen LogP contribution in [0.4, 0.5) is 24.5 Å². The van der Waals surface area contributed by atoms with Crippen molar-refractivity contribution in [2.24, 2.45) is 5.73 Å². The molecule has 0 unspecified atom stereocenters. The second-order valence-electron chi connectivity index (χ2n) is 8.33. The normalized spacial score (nSPS) is 16.0. The summed E-state index contributed by atoms with van der Waals surface area (Å²) >= 11 is 1.44. The van der Waals surface area contributed by atoms with Gasteiger partial charge in [-0.15, -0.1) is 0 Å². The SMILES string of the molecule is Cc1nc2c(N3CCC[C@H](N)C3)c(NC(=O)c3ccc(F)c(-c4c(F)cccc4F)n3)cnc2s1. The van der Waals surface area contributed by atoms with E-state index in [-0.39, 0.29) is 11.7 Å². The largest absolute Gasteiger partial charge is 0.366 e. The Balaban J connectivity index is 1.54. The number of aromatic nitrogens is 3. The molecule has 1 aliphatic heterocycles. The number of nitrogens with two attached hydrogens (primary N) is 1. The Morgan fingerprint density at radius 3 is 2.66 bits per heavy atom. The number of amides is 1. The molecule has 35 heavy (non-hydrogen) atoms. The van der Waals surface area contributed by atoms with Crippen molar-refractivity contribution in [1.29, 1.82) is 0 Å². The molecule has 1 saturated heterocycles. The number of rotatable bonds is 4. The first-order chi connectivity index (χ1) is 16.8. The van der Waals surface area contributed by atoms with Gasteiger partial charge in [-0.25, -0.2) is 28.1 Å². The van der Waals surface area contributed by atoms with Gasteiger partial charge in [0.05, 0.1) is 28.1 Å². The van der Waals surface area contributed by atoms with Crippen LogP contribution in [0.1, 0.15) is 28.3 Å². The van der Waals surface area contributed by atoms with Crippen LogP contribution in [0.5, 0.6) is 0 Å². The fourth-order valence-electron chi connectivity index (χ4n) is 4.25. The Kier molecular flexibility index (Phi) is 6.12. The number of halogens is 3. The molecule has 1 aliphatic rings. The lowest BCUT2D eigenvalue weighted by atomic mass is 10.1. The first-order valence-electron chi connectivity index (χ1n) is 11.0. The number of hydrogen-bond donors (Lipinski definition) is 2. The number of fused-ring (bicyclic) bond motifs is 1. The number of aryl methyl sites for hydroxylation is 1. The summed E-state index contributed by atoms with van der Waals surface area (Å²) in [5, 5.41) is 3.60. The first-order valence-corrected chi connectivity index (χ1v) is 11.8. The van der Waals surface area contributed by atoms with Crippen molar-refractivity contribution in [2.75, 3.05) is 23.3 Å². The van der Waals surface area contributed by atoms with Crippen molar-refractivity contribution in [2.45, 2.75) is 25.8 Å². The third-order valence-electron chi connectivity index (χ3n) is 5.81. The molecule has 3 N–H and O–H groups in total. The van der Waals surface area contributed by atoms with Crippen LogP contribution in [-0.4, -0.2) is 40.0 Å². The Morgan fingerprint density at radius 1 is 1.14 bits per heavy atom. The number of benzene rings is 1. The van der Waals surface area contributed by atoms with E-state index in [4.69, 9.17) is 5.73 Å². The quantitative estimate of drug-likeness (QED) is 0.425. The number of carbonyl (C=O) groups is 1. The monoisotopic (exact) mass is 498 g/mol. The van der Waals surface area contributed by atoms with Crippen LogP contribution in [0.25, 0.3) is 21.6 Å². The van der Waals surface area contributed by atoms with E-state index in [2.05, 4.69) is 25.2 Å². The number of nitrogens with one attached hydrogen (secondary N) is 1. The van der Waals surface area contributed by atoms with Gasteiger partial charge in [-0.05, 0) is 44.0 Å². The molecule has 0 radical (unpaired) electrons. The number of nitrogens with zero attached hydrogens (tertiary/aromatic N) is 4. The molecule has 4 aromatic rings. The van der Waals surface area contributed by atoms with Gasteiger partial charge in [-0.1, -0.05) is 17.4 Å². The predicted molar refractivity (Wildman–Crippen MR) is 129 cm³/mol. The maximum atomic E-state index is 14.5. The Morgan fingerprint density at radius 2 is 1.91 bits per heavy atom. The minimum atomic E-state index is -0.980. The molecule has 0 spiro atoms. The van der Waals surface area contributed by atoms with Gasteiger partial charge in [0.1, 0.15) is 39.2 Å². The molecule has 0 saturated carbocycles. The third kappa shape index (κ3) is 4.44. The average molecular weight is 499 g/mol. The van der Waals surface area contributed by atoms with Crippen molar-refractivity contribution < 1.29 is 18.0 Å². The van der Waals surface area contributed by atoms with Gasteiger partial charge >= 0.3 is 0 Å². The first kappa shape index (κ1) is 23.2. The van der Waals surface area contributed by atoms with Crippen LogP contribution < -0.4 is 16.0 Å². The van der Waals surface area contributed by atoms with E-state index >= 15 is 0 Å². The molecule has 1 atom stereocenters. The molecule has 1 amide bonds. The van der Waals surface area contributed by atoms with Crippen LogP contribution in [0.3, 0.4) is 0 Å². The van der Waals surface area contributed by atoms with Gasteiger partial charge in [-0.3, -0.25) is 4.79 Å². The number of hydrogen-bond acceptors (Lipinski definition) is 7. The summed E-state index contributed by atoms with van der Waals surface area (Å²) in [4.78, 5) is 28.9. The second kappa shape index (κ2) is 9.23. The highest BCUT2D eigenvalue weighted by Gasteiger charge is 2.25. The van der Waals surface area contributed by atoms with E-state index in [9.17, 15) is 18.0 Å². The van der Waals surface area contributed by atoms with Gasteiger partial charge < -0.3 is 16.0 Å². The molecule has 7 nitrogen and oxygen atoms in total. The molecule has 1 aromatic carbocycles. The summed E-state index contributed by atoms with van der Waals surface area (Å²) < 4.78 is 43.0. The van der Waals surface area contributed by atoms with E-state index < -0.39 is 34.6 Å². The summed E-state index contributed by atoms with van der Waals surface area (Å²) in [6.07, 6.45) is 3.32. The smallest absolute Gasteiger partial charge is 0.274 e. The summed E-state index contributed by atoms with van der Waals surface area (Å²) in [6, 6.07) is 5.26. The zero-order valence-electron chi connectivity index (χ0n) is 18.7. The van der Waals surface area contributed by atoms with Crippen molar-refractivity contribution in [3.63, 3.8) is 0 Å². The Bertz CT molecular complexity index is 1420. The summed E-state index contributed by atoms with van der Waals surface area (Å²) in [6.45, 7) is 3.20. The minimum Gasteiger partial charge on any atom is -0.366 e. The van der Waals surface area contributed by atoms with Crippen molar-refractivity contribution in [3.05, 3.63) is 64.7 Å². The van der Waals surface area contributed by atoms with Gasteiger partial charge in [0.25, 0.3) is 5.91 Å². The maximum absolute atomic E-state index is 14.5. The molecule has 5 rings (SSSR count). The van der Waals surface area contributed by atoms with Crippen LogP contribution in [0, 0.1) is 24.4 Å². The maximum Gasteiger partial charge on any atom is 0.274 e. The number of piperidine rings is 1. The molecule has 0 aliphatic carbocycles. The predicted octanol–water partition coefficient (Wildman–Crippen LogP) is 4.66. The molecular formula is C24H21F3N6OS. The number of pyridine rings is 2. The van der Waals surface area contributed by atoms with Crippen molar-refractivity contribution >= 4 is 39.0 Å². The standard InChI is InChI=1S/C24H21F3N6OS/c1-12-30-21-22(33-9-3-4-13(28)11-33)18(10-29-24(21)35-12)32-23(34)17-8-7-16(27)20(31-17)19-14(25)5-2-6-15(19)26/h2,5-8,10,13H,3-4,9,11,28H2,1H3,(H,32,34)/t13-/m0/s1. The van der Waals surface area contributed by atoms with Gasteiger partial charge in [0.15, 0.2) is 0 Å². The van der Waals surface area contributed by atoms with E-state index in [1.807, 2.05) is 6.92 Å². The Labute approximate surface area is 202 Å². The van der Waals surface area contributed by atoms with Gasteiger partial charge in [0, 0.05) is 19.1 Å². The minimum absolute atomic E-state index is 0.0211. The molecule has 4 heterocycles. The number of thiazole rings is 1. The highest BCUT2D eigenvalue weighted by molar-refractivity contribution is 7.18. The molecule has 11 heteroatoms. The average Bonchev–Trinajstić information content (AvgIpc) is 3.20. The third-order valence-corrected chi connectivity index (χ3v) is 6.69. The van der Waals surface area contributed by atoms with Crippen molar-refractivity contribution in [3.8, 4) is 11.3 Å². The summed E-state index contributed by atoms with van der Waals surface area (Å²) in [5.41, 5.74) is 6.52. The van der Waals surface area contributed by atoms with Crippen LogP contribution >= 0.6 is 11.3 Å². The molecular weight excluding hydrogens is 477 g/mol. The zero-order valence-corrected chi connectivity index (χ0v) is 19.5. The Hall–Kier alpha value is -3.57. The van der Waals surface area contributed by atoms with E-state index in [0.717, 1.165) is 53.5 Å².